The number of aryl methyl sites for hydroxylation is 1. The second-order valence-corrected chi connectivity index (χ2v) is 5.34. The highest BCUT2D eigenvalue weighted by molar-refractivity contribution is 7.98. The topological polar surface area (TPSA) is 24.1 Å². The fourth-order valence-corrected chi connectivity index (χ4v) is 1.98. The van der Waals surface area contributed by atoms with Gasteiger partial charge in [-0.25, -0.2) is 0 Å². The van der Waals surface area contributed by atoms with Gasteiger partial charge in [0.25, 0.3) is 0 Å². The zero-order valence-electron chi connectivity index (χ0n) is 10.5. The second kappa shape index (κ2) is 8.37. The van der Waals surface area contributed by atoms with Crippen molar-refractivity contribution >= 4 is 29.1 Å². The molecule has 2 nitrogen and oxygen atoms in total. The minimum Gasteiger partial charge on any atom is -0.363 e. The van der Waals surface area contributed by atoms with Gasteiger partial charge in [-0.2, -0.15) is 11.8 Å². The van der Waals surface area contributed by atoms with Gasteiger partial charge in [0.2, 0.25) is 0 Å². The Morgan fingerprint density at radius 1 is 1.24 bits per heavy atom. The van der Waals surface area contributed by atoms with Crippen molar-refractivity contribution in [1.29, 1.82) is 0 Å². The molecule has 0 amide bonds. The summed E-state index contributed by atoms with van der Waals surface area (Å²) in [5.74, 6) is 1.17. The van der Waals surface area contributed by atoms with Crippen LogP contribution in [0.4, 0.5) is 0 Å². The number of rotatable bonds is 6. The van der Waals surface area contributed by atoms with Gasteiger partial charge in [-0.3, -0.25) is 0 Å². The Bertz CT molecular complexity index is 336. The SMILES string of the molecule is CSCCCNC(=S)NCc1ccc(C)cc1. The maximum atomic E-state index is 5.20. The lowest BCUT2D eigenvalue weighted by Gasteiger charge is -2.10. The fourth-order valence-electron chi connectivity index (χ4n) is 1.37. The van der Waals surface area contributed by atoms with Crippen LogP contribution in [0.15, 0.2) is 24.3 Å². The highest BCUT2D eigenvalue weighted by Gasteiger charge is 1.96. The molecule has 0 heterocycles. The molecule has 0 spiro atoms. The van der Waals surface area contributed by atoms with E-state index in [4.69, 9.17) is 12.2 Å². The van der Waals surface area contributed by atoms with Crippen LogP contribution in [0.5, 0.6) is 0 Å². The van der Waals surface area contributed by atoms with E-state index in [1.54, 1.807) is 0 Å². The molecule has 0 aliphatic rings. The number of hydrogen-bond donors (Lipinski definition) is 2. The van der Waals surface area contributed by atoms with Crippen molar-refractivity contribution in [2.75, 3.05) is 18.6 Å². The van der Waals surface area contributed by atoms with E-state index >= 15 is 0 Å². The van der Waals surface area contributed by atoms with E-state index in [-0.39, 0.29) is 0 Å². The summed E-state index contributed by atoms with van der Waals surface area (Å²) in [6.45, 7) is 3.82. The lowest BCUT2D eigenvalue weighted by molar-refractivity contribution is 0.804. The van der Waals surface area contributed by atoms with Gasteiger partial charge in [0.15, 0.2) is 5.11 Å². The monoisotopic (exact) mass is 268 g/mol. The Hall–Kier alpha value is -0.740. The van der Waals surface area contributed by atoms with E-state index in [2.05, 4.69) is 48.1 Å². The summed E-state index contributed by atoms with van der Waals surface area (Å²) in [5, 5.41) is 7.16. The highest BCUT2D eigenvalue weighted by Crippen LogP contribution is 2.02. The van der Waals surface area contributed by atoms with E-state index < -0.39 is 0 Å². The predicted molar refractivity (Wildman–Crippen MR) is 81.6 cm³/mol. The molecule has 0 aliphatic carbocycles. The van der Waals surface area contributed by atoms with Crippen molar-refractivity contribution in [1.82, 2.24) is 10.6 Å². The van der Waals surface area contributed by atoms with Gasteiger partial charge in [-0.05, 0) is 43.1 Å². The van der Waals surface area contributed by atoms with Gasteiger partial charge in [-0.15, -0.1) is 0 Å². The molecule has 0 saturated heterocycles. The average Bonchev–Trinajstić information content (AvgIpc) is 2.34. The van der Waals surface area contributed by atoms with Gasteiger partial charge in [0.05, 0.1) is 0 Å². The minimum atomic E-state index is 0.742. The van der Waals surface area contributed by atoms with E-state index in [0.717, 1.165) is 24.6 Å². The van der Waals surface area contributed by atoms with Crippen molar-refractivity contribution in [2.45, 2.75) is 19.9 Å². The molecule has 1 aromatic rings. The molecule has 0 saturated carbocycles. The van der Waals surface area contributed by atoms with Gasteiger partial charge < -0.3 is 10.6 Å². The number of thiocarbonyl (C=S) groups is 1. The molecule has 1 rings (SSSR count). The molecular formula is C13H20N2S2. The molecule has 4 heteroatoms. The summed E-state index contributed by atoms with van der Waals surface area (Å²) in [5.41, 5.74) is 2.54. The Morgan fingerprint density at radius 2 is 1.94 bits per heavy atom. The van der Waals surface area contributed by atoms with Crippen LogP contribution in [0, 0.1) is 6.92 Å². The van der Waals surface area contributed by atoms with Crippen LogP contribution in [-0.4, -0.2) is 23.7 Å². The predicted octanol–water partition coefficient (Wildman–Crippen LogP) is 2.71. The number of nitrogens with one attached hydrogen (secondary N) is 2. The first kappa shape index (κ1) is 14.3. The molecule has 2 N–H and O–H groups in total. The zero-order valence-corrected chi connectivity index (χ0v) is 12.1. The molecule has 1 aromatic carbocycles. The third kappa shape index (κ3) is 6.54. The standard InChI is InChI=1S/C13H20N2S2/c1-11-4-6-12(7-5-11)10-15-13(16)14-8-3-9-17-2/h4-7H,3,8-10H2,1-2H3,(H2,14,15,16). The number of benzene rings is 1. The van der Waals surface area contributed by atoms with Crippen LogP contribution in [0.2, 0.25) is 0 Å². The summed E-state index contributed by atoms with van der Waals surface area (Å²) >= 11 is 7.06. The Kier molecular flexibility index (Phi) is 7.05. The van der Waals surface area contributed by atoms with E-state index in [1.807, 2.05) is 11.8 Å². The molecule has 0 unspecified atom stereocenters. The lowest BCUT2D eigenvalue weighted by Crippen LogP contribution is -2.35. The summed E-state index contributed by atoms with van der Waals surface area (Å²) in [6, 6.07) is 8.48. The van der Waals surface area contributed by atoms with Gasteiger partial charge >= 0.3 is 0 Å². The van der Waals surface area contributed by atoms with Crippen LogP contribution in [0.25, 0.3) is 0 Å². The first-order valence-corrected chi connectivity index (χ1v) is 7.59. The molecular weight excluding hydrogens is 248 g/mol. The Labute approximate surface area is 114 Å². The fraction of sp³-hybridized carbons (Fsp3) is 0.462. The molecule has 0 bridgehead atoms. The molecule has 0 aromatic heterocycles. The maximum absolute atomic E-state index is 5.20. The summed E-state index contributed by atoms with van der Waals surface area (Å²) in [7, 11) is 0. The second-order valence-electron chi connectivity index (χ2n) is 3.94. The highest BCUT2D eigenvalue weighted by atomic mass is 32.2. The normalized spacial score (nSPS) is 10.0. The van der Waals surface area contributed by atoms with Crippen LogP contribution in [-0.2, 0) is 6.54 Å². The van der Waals surface area contributed by atoms with Crippen molar-refractivity contribution in [3.63, 3.8) is 0 Å². The van der Waals surface area contributed by atoms with Gasteiger partial charge in [0.1, 0.15) is 0 Å². The summed E-state index contributed by atoms with van der Waals surface area (Å²) in [6.07, 6.45) is 3.27. The third-order valence-electron chi connectivity index (χ3n) is 2.38. The first-order chi connectivity index (χ1) is 8.22. The summed E-state index contributed by atoms with van der Waals surface area (Å²) < 4.78 is 0. The minimum absolute atomic E-state index is 0.742. The summed E-state index contributed by atoms with van der Waals surface area (Å²) in [4.78, 5) is 0. The van der Waals surface area contributed by atoms with Crippen molar-refractivity contribution in [3.05, 3.63) is 35.4 Å². The molecule has 94 valence electrons. The van der Waals surface area contributed by atoms with Crippen LogP contribution >= 0.6 is 24.0 Å². The van der Waals surface area contributed by atoms with Crippen LogP contribution < -0.4 is 10.6 Å². The zero-order chi connectivity index (χ0) is 12.5. The average molecular weight is 268 g/mol. The Balaban J connectivity index is 2.17. The van der Waals surface area contributed by atoms with Gasteiger partial charge in [-0.1, -0.05) is 29.8 Å². The molecule has 0 atom stereocenters. The van der Waals surface area contributed by atoms with Crippen molar-refractivity contribution in [3.8, 4) is 0 Å². The largest absolute Gasteiger partial charge is 0.363 e. The number of hydrogen-bond acceptors (Lipinski definition) is 2. The molecule has 0 radical (unpaired) electrons. The lowest BCUT2D eigenvalue weighted by atomic mass is 10.1. The van der Waals surface area contributed by atoms with Crippen molar-refractivity contribution < 1.29 is 0 Å². The smallest absolute Gasteiger partial charge is 0.166 e. The maximum Gasteiger partial charge on any atom is 0.166 e. The van der Waals surface area contributed by atoms with E-state index in [0.29, 0.717) is 0 Å². The Morgan fingerprint density at radius 3 is 2.59 bits per heavy atom. The quantitative estimate of drug-likeness (QED) is 0.612. The van der Waals surface area contributed by atoms with Crippen LogP contribution in [0.1, 0.15) is 17.5 Å². The van der Waals surface area contributed by atoms with Crippen molar-refractivity contribution in [2.24, 2.45) is 0 Å². The van der Waals surface area contributed by atoms with Crippen LogP contribution in [0.3, 0.4) is 0 Å². The number of thioether (sulfide) groups is 1. The third-order valence-corrected chi connectivity index (χ3v) is 3.37. The van der Waals surface area contributed by atoms with E-state index in [9.17, 15) is 0 Å². The molecule has 17 heavy (non-hydrogen) atoms. The van der Waals surface area contributed by atoms with E-state index in [1.165, 1.54) is 16.9 Å². The molecule has 0 aliphatic heterocycles. The first-order valence-electron chi connectivity index (χ1n) is 5.78. The van der Waals surface area contributed by atoms with Gasteiger partial charge in [0, 0.05) is 13.1 Å². The molecule has 0 fully saturated rings.